The molecular weight excluding hydrogens is 222 g/mol. The van der Waals surface area contributed by atoms with Crippen LogP contribution in [0.1, 0.15) is 38.7 Å². The molecule has 2 heteroatoms. The molecule has 0 bridgehead atoms. The van der Waals surface area contributed by atoms with Crippen molar-refractivity contribution in [3.05, 3.63) is 35.9 Å². The maximum absolute atomic E-state index is 5.78. The Morgan fingerprint density at radius 1 is 1.28 bits per heavy atom. The fourth-order valence-electron chi connectivity index (χ4n) is 2.64. The largest absolute Gasteiger partial charge is 0.377 e. The summed E-state index contributed by atoms with van der Waals surface area (Å²) in [6, 6.07) is 11.4. The highest BCUT2D eigenvalue weighted by Crippen LogP contribution is 2.49. The van der Waals surface area contributed by atoms with Crippen molar-refractivity contribution in [3.8, 4) is 0 Å². The highest BCUT2D eigenvalue weighted by atomic mass is 16.5. The Labute approximate surface area is 111 Å². The lowest BCUT2D eigenvalue weighted by Gasteiger charge is -2.19. The molecule has 2 rings (SSSR count). The molecular formula is C16H25NO. The van der Waals surface area contributed by atoms with E-state index in [-0.39, 0.29) is 0 Å². The smallest absolute Gasteiger partial charge is 0.0626 e. The van der Waals surface area contributed by atoms with E-state index in [9.17, 15) is 0 Å². The second kappa shape index (κ2) is 6.35. The molecule has 3 atom stereocenters. The molecule has 1 aliphatic carbocycles. The summed E-state index contributed by atoms with van der Waals surface area (Å²) in [7, 11) is 0. The molecule has 3 unspecified atom stereocenters. The van der Waals surface area contributed by atoms with Crippen molar-refractivity contribution in [2.45, 2.75) is 45.3 Å². The molecule has 0 aliphatic heterocycles. The SMILES string of the molecule is CCNC(COC(C)C)C1CC1c1ccccc1. The van der Waals surface area contributed by atoms with Crippen molar-refractivity contribution in [2.75, 3.05) is 13.2 Å². The minimum atomic E-state index is 0.320. The molecule has 1 fully saturated rings. The van der Waals surface area contributed by atoms with Gasteiger partial charge in [0.2, 0.25) is 0 Å². The van der Waals surface area contributed by atoms with E-state index in [0.717, 1.165) is 25.0 Å². The fourth-order valence-corrected chi connectivity index (χ4v) is 2.64. The average molecular weight is 247 g/mol. The van der Waals surface area contributed by atoms with Crippen LogP contribution >= 0.6 is 0 Å². The summed E-state index contributed by atoms with van der Waals surface area (Å²) < 4.78 is 5.78. The fraction of sp³-hybridized carbons (Fsp3) is 0.625. The van der Waals surface area contributed by atoms with E-state index >= 15 is 0 Å². The predicted molar refractivity (Wildman–Crippen MR) is 75.8 cm³/mol. The van der Waals surface area contributed by atoms with Gasteiger partial charge < -0.3 is 10.1 Å². The van der Waals surface area contributed by atoms with Crippen LogP contribution in [0.25, 0.3) is 0 Å². The first-order chi connectivity index (χ1) is 8.72. The average Bonchev–Trinajstić information content (AvgIpc) is 3.15. The number of likely N-dealkylation sites (N-methyl/N-ethyl adjacent to an activating group) is 1. The summed E-state index contributed by atoms with van der Waals surface area (Å²) in [5, 5.41) is 3.57. The van der Waals surface area contributed by atoms with Crippen molar-refractivity contribution in [1.29, 1.82) is 0 Å². The van der Waals surface area contributed by atoms with Crippen molar-refractivity contribution >= 4 is 0 Å². The van der Waals surface area contributed by atoms with Crippen LogP contribution in [-0.4, -0.2) is 25.3 Å². The van der Waals surface area contributed by atoms with Gasteiger partial charge in [-0.3, -0.25) is 0 Å². The lowest BCUT2D eigenvalue weighted by Crippen LogP contribution is -2.36. The zero-order valence-corrected chi connectivity index (χ0v) is 11.7. The molecule has 0 spiro atoms. The van der Waals surface area contributed by atoms with E-state index in [0.29, 0.717) is 12.1 Å². The summed E-state index contributed by atoms with van der Waals surface area (Å²) in [6.45, 7) is 8.22. The van der Waals surface area contributed by atoms with Crippen LogP contribution in [0.4, 0.5) is 0 Å². The first kappa shape index (κ1) is 13.6. The van der Waals surface area contributed by atoms with E-state index in [1.165, 1.54) is 12.0 Å². The van der Waals surface area contributed by atoms with E-state index in [2.05, 4.69) is 56.4 Å². The molecule has 0 radical (unpaired) electrons. The molecule has 0 heterocycles. The Morgan fingerprint density at radius 2 is 2.00 bits per heavy atom. The molecule has 0 saturated heterocycles. The Kier molecular flexibility index (Phi) is 4.79. The van der Waals surface area contributed by atoms with Crippen LogP contribution in [0.3, 0.4) is 0 Å². The number of ether oxygens (including phenoxy) is 1. The first-order valence-corrected chi connectivity index (χ1v) is 7.12. The Bertz CT molecular complexity index is 349. The molecule has 100 valence electrons. The molecule has 0 aromatic heterocycles. The second-order valence-corrected chi connectivity index (χ2v) is 5.46. The van der Waals surface area contributed by atoms with Gasteiger partial charge in [0.1, 0.15) is 0 Å². The van der Waals surface area contributed by atoms with Crippen molar-refractivity contribution < 1.29 is 4.74 Å². The van der Waals surface area contributed by atoms with Gasteiger partial charge in [-0.1, -0.05) is 37.3 Å². The number of nitrogens with one attached hydrogen (secondary N) is 1. The standard InChI is InChI=1S/C16H25NO/c1-4-17-16(11-18-12(2)3)15-10-14(15)13-8-6-5-7-9-13/h5-9,12,14-17H,4,10-11H2,1-3H3. The molecule has 1 aliphatic rings. The Hall–Kier alpha value is -0.860. The lowest BCUT2D eigenvalue weighted by molar-refractivity contribution is 0.0568. The molecule has 18 heavy (non-hydrogen) atoms. The van der Waals surface area contributed by atoms with E-state index < -0.39 is 0 Å². The van der Waals surface area contributed by atoms with Gasteiger partial charge in [0.15, 0.2) is 0 Å². The quantitative estimate of drug-likeness (QED) is 0.799. The minimum Gasteiger partial charge on any atom is -0.377 e. The second-order valence-electron chi connectivity index (χ2n) is 5.46. The third-order valence-electron chi connectivity index (χ3n) is 3.66. The van der Waals surface area contributed by atoms with E-state index in [4.69, 9.17) is 4.74 Å². The van der Waals surface area contributed by atoms with Gasteiger partial charge in [-0.25, -0.2) is 0 Å². The van der Waals surface area contributed by atoms with Crippen molar-refractivity contribution in [3.63, 3.8) is 0 Å². The van der Waals surface area contributed by atoms with Crippen LogP contribution in [-0.2, 0) is 4.74 Å². The van der Waals surface area contributed by atoms with Crippen LogP contribution < -0.4 is 5.32 Å². The van der Waals surface area contributed by atoms with Gasteiger partial charge in [0, 0.05) is 6.04 Å². The highest BCUT2D eigenvalue weighted by Gasteiger charge is 2.43. The number of hydrogen-bond acceptors (Lipinski definition) is 2. The zero-order valence-electron chi connectivity index (χ0n) is 11.7. The molecule has 1 aromatic carbocycles. The minimum absolute atomic E-state index is 0.320. The Balaban J connectivity index is 1.89. The molecule has 0 amide bonds. The van der Waals surface area contributed by atoms with Crippen LogP contribution in [0.2, 0.25) is 0 Å². The van der Waals surface area contributed by atoms with E-state index in [1.54, 1.807) is 0 Å². The van der Waals surface area contributed by atoms with Crippen molar-refractivity contribution in [2.24, 2.45) is 5.92 Å². The van der Waals surface area contributed by atoms with Gasteiger partial charge in [0.05, 0.1) is 12.7 Å². The molecule has 1 N–H and O–H groups in total. The highest BCUT2D eigenvalue weighted by molar-refractivity contribution is 5.26. The van der Waals surface area contributed by atoms with Gasteiger partial charge in [-0.05, 0) is 44.2 Å². The van der Waals surface area contributed by atoms with Gasteiger partial charge in [-0.2, -0.15) is 0 Å². The summed E-state index contributed by atoms with van der Waals surface area (Å²) in [6.07, 6.45) is 1.61. The summed E-state index contributed by atoms with van der Waals surface area (Å²) in [5.41, 5.74) is 1.48. The predicted octanol–water partition coefficient (Wildman–Crippen LogP) is 3.19. The summed E-state index contributed by atoms with van der Waals surface area (Å²) in [4.78, 5) is 0. The van der Waals surface area contributed by atoms with E-state index in [1.807, 2.05) is 0 Å². The molecule has 2 nitrogen and oxygen atoms in total. The molecule has 1 saturated carbocycles. The number of hydrogen-bond donors (Lipinski definition) is 1. The zero-order chi connectivity index (χ0) is 13.0. The number of rotatable bonds is 7. The molecule has 1 aromatic rings. The van der Waals surface area contributed by atoms with Gasteiger partial charge >= 0.3 is 0 Å². The first-order valence-electron chi connectivity index (χ1n) is 7.12. The van der Waals surface area contributed by atoms with Crippen molar-refractivity contribution in [1.82, 2.24) is 5.32 Å². The lowest BCUT2D eigenvalue weighted by atomic mass is 10.1. The normalized spacial score (nSPS) is 24.2. The topological polar surface area (TPSA) is 21.3 Å². The maximum atomic E-state index is 5.78. The third kappa shape index (κ3) is 3.56. The van der Waals surface area contributed by atoms with Crippen LogP contribution in [0.5, 0.6) is 0 Å². The van der Waals surface area contributed by atoms with Crippen LogP contribution in [0.15, 0.2) is 30.3 Å². The number of benzene rings is 1. The third-order valence-corrected chi connectivity index (χ3v) is 3.66. The van der Waals surface area contributed by atoms with Gasteiger partial charge in [-0.15, -0.1) is 0 Å². The monoisotopic (exact) mass is 247 g/mol. The summed E-state index contributed by atoms with van der Waals surface area (Å²) >= 11 is 0. The summed E-state index contributed by atoms with van der Waals surface area (Å²) in [5.74, 6) is 1.47. The maximum Gasteiger partial charge on any atom is 0.0626 e. The van der Waals surface area contributed by atoms with Gasteiger partial charge in [0.25, 0.3) is 0 Å². The van der Waals surface area contributed by atoms with Crippen LogP contribution in [0, 0.1) is 5.92 Å². The Morgan fingerprint density at radius 3 is 2.61 bits per heavy atom.